The zero-order valence-electron chi connectivity index (χ0n) is 10.6. The summed E-state index contributed by atoms with van der Waals surface area (Å²) >= 11 is 9.23. The molecule has 1 saturated heterocycles. The Kier molecular flexibility index (Phi) is 4.89. The van der Waals surface area contributed by atoms with E-state index >= 15 is 0 Å². The summed E-state index contributed by atoms with van der Waals surface area (Å²) in [5.41, 5.74) is 0. The van der Waals surface area contributed by atoms with Crippen LogP contribution in [0, 0.1) is 5.92 Å². The van der Waals surface area contributed by atoms with Gasteiger partial charge in [-0.05, 0) is 60.1 Å². The van der Waals surface area contributed by atoms with Crippen LogP contribution in [0.2, 0.25) is 5.02 Å². The van der Waals surface area contributed by atoms with Gasteiger partial charge in [0.05, 0.1) is 9.92 Å². The quantitative estimate of drug-likeness (QED) is 0.888. The minimum Gasteiger partial charge on any atom is -0.319 e. The molecule has 1 fully saturated rings. The van der Waals surface area contributed by atoms with Gasteiger partial charge < -0.3 is 5.32 Å². The number of benzene rings is 1. The molecule has 7 heteroatoms. The molecule has 1 aliphatic rings. The molecule has 0 aliphatic carbocycles. The number of halogens is 2. The Hall–Kier alpha value is -0.140. The molecule has 0 amide bonds. The predicted molar refractivity (Wildman–Crippen MR) is 79.9 cm³/mol. The molecule has 106 valence electrons. The monoisotopic (exact) mass is 366 g/mol. The zero-order valence-corrected chi connectivity index (χ0v) is 13.7. The van der Waals surface area contributed by atoms with E-state index in [1.807, 2.05) is 7.05 Å². The second-order valence-corrected chi connectivity index (χ2v) is 7.85. The fourth-order valence-electron chi connectivity index (χ4n) is 2.26. The van der Waals surface area contributed by atoms with Crippen LogP contribution in [0.3, 0.4) is 0 Å². The van der Waals surface area contributed by atoms with Gasteiger partial charge >= 0.3 is 0 Å². The summed E-state index contributed by atoms with van der Waals surface area (Å²) in [5.74, 6) is 0.380. The third-order valence-electron chi connectivity index (χ3n) is 3.27. The van der Waals surface area contributed by atoms with Crippen molar-refractivity contribution in [3.05, 3.63) is 27.7 Å². The normalized spacial score (nSPS) is 20.9. The Balaban J connectivity index is 2.21. The lowest BCUT2D eigenvalue weighted by molar-refractivity contribution is 0.451. The van der Waals surface area contributed by atoms with Crippen LogP contribution in [-0.4, -0.2) is 39.4 Å². The average Bonchev–Trinajstić information content (AvgIpc) is 2.82. The Morgan fingerprint density at radius 1 is 1.53 bits per heavy atom. The van der Waals surface area contributed by atoms with E-state index in [0.29, 0.717) is 28.5 Å². The van der Waals surface area contributed by atoms with E-state index in [1.54, 1.807) is 12.1 Å². The maximum atomic E-state index is 12.5. The molecular formula is C12H16BrClN2O2S. The van der Waals surface area contributed by atoms with Gasteiger partial charge in [0.2, 0.25) is 10.0 Å². The van der Waals surface area contributed by atoms with E-state index < -0.39 is 10.0 Å². The summed E-state index contributed by atoms with van der Waals surface area (Å²) in [6, 6.07) is 4.74. The molecule has 2 rings (SSSR count). The fraction of sp³-hybridized carbons (Fsp3) is 0.500. The third kappa shape index (κ3) is 3.31. The van der Waals surface area contributed by atoms with Crippen LogP contribution in [0.4, 0.5) is 0 Å². The minimum atomic E-state index is -3.43. The van der Waals surface area contributed by atoms with E-state index in [9.17, 15) is 8.42 Å². The molecular weight excluding hydrogens is 352 g/mol. The number of hydrogen-bond acceptors (Lipinski definition) is 3. The van der Waals surface area contributed by atoms with Crippen LogP contribution in [0.25, 0.3) is 0 Å². The van der Waals surface area contributed by atoms with Gasteiger partial charge in [-0.15, -0.1) is 0 Å². The Labute approximate surface area is 127 Å². The summed E-state index contributed by atoms with van der Waals surface area (Å²) < 4.78 is 27.2. The number of hydrogen-bond donors (Lipinski definition) is 1. The summed E-state index contributed by atoms with van der Waals surface area (Å²) in [7, 11) is -1.55. The van der Waals surface area contributed by atoms with Crippen LogP contribution >= 0.6 is 27.5 Å². The molecule has 0 saturated carbocycles. The highest BCUT2D eigenvalue weighted by Gasteiger charge is 2.32. The molecule has 1 aromatic rings. The predicted octanol–water partition coefficient (Wildman–Crippen LogP) is 2.33. The van der Waals surface area contributed by atoms with Crippen molar-refractivity contribution in [2.24, 2.45) is 5.92 Å². The summed E-state index contributed by atoms with van der Waals surface area (Å²) in [6.45, 7) is 1.98. The van der Waals surface area contributed by atoms with E-state index in [-0.39, 0.29) is 4.90 Å². The highest BCUT2D eigenvalue weighted by Crippen LogP contribution is 2.29. The highest BCUT2D eigenvalue weighted by molar-refractivity contribution is 9.10. The molecule has 19 heavy (non-hydrogen) atoms. The maximum absolute atomic E-state index is 12.5. The Bertz CT molecular complexity index is 565. The van der Waals surface area contributed by atoms with Gasteiger partial charge in [0, 0.05) is 17.6 Å². The van der Waals surface area contributed by atoms with Crippen LogP contribution in [0.1, 0.15) is 6.42 Å². The molecule has 0 bridgehead atoms. The van der Waals surface area contributed by atoms with Crippen molar-refractivity contribution < 1.29 is 8.42 Å². The molecule has 1 aromatic carbocycles. The van der Waals surface area contributed by atoms with E-state index in [0.717, 1.165) is 13.0 Å². The second-order valence-electron chi connectivity index (χ2n) is 4.65. The lowest BCUT2D eigenvalue weighted by Crippen LogP contribution is -2.30. The zero-order chi connectivity index (χ0) is 14.0. The van der Waals surface area contributed by atoms with Crippen molar-refractivity contribution in [2.75, 3.05) is 26.7 Å². The van der Waals surface area contributed by atoms with Gasteiger partial charge in [-0.3, -0.25) is 0 Å². The van der Waals surface area contributed by atoms with Gasteiger partial charge in [0.15, 0.2) is 0 Å². The van der Waals surface area contributed by atoms with Crippen LogP contribution in [-0.2, 0) is 10.0 Å². The molecule has 0 spiro atoms. The van der Waals surface area contributed by atoms with Crippen molar-refractivity contribution in [3.63, 3.8) is 0 Å². The molecule has 1 N–H and O–H groups in total. The highest BCUT2D eigenvalue weighted by atomic mass is 79.9. The summed E-state index contributed by atoms with van der Waals surface area (Å²) in [5, 5.41) is 3.50. The van der Waals surface area contributed by atoms with Crippen molar-refractivity contribution in [1.82, 2.24) is 9.62 Å². The average molecular weight is 368 g/mol. The van der Waals surface area contributed by atoms with Crippen LogP contribution in [0.15, 0.2) is 27.6 Å². The first-order valence-electron chi connectivity index (χ1n) is 6.05. The SMILES string of the molecule is CNCC1CCN(S(=O)(=O)c2ccc(Br)c(Cl)c2)C1. The van der Waals surface area contributed by atoms with E-state index in [1.165, 1.54) is 10.4 Å². The standard InChI is InChI=1S/C12H16BrClN2O2S/c1-15-7-9-4-5-16(8-9)19(17,18)10-2-3-11(13)12(14)6-10/h2-3,6,9,15H,4-5,7-8H2,1H3. The molecule has 1 aliphatic heterocycles. The summed E-state index contributed by atoms with van der Waals surface area (Å²) in [6.07, 6.45) is 0.893. The van der Waals surface area contributed by atoms with Crippen molar-refractivity contribution in [1.29, 1.82) is 0 Å². The fourth-order valence-corrected chi connectivity index (χ4v) is 4.31. The third-order valence-corrected chi connectivity index (χ3v) is 6.36. The molecule has 1 unspecified atom stereocenters. The van der Waals surface area contributed by atoms with Crippen LogP contribution < -0.4 is 5.32 Å². The Morgan fingerprint density at radius 3 is 2.89 bits per heavy atom. The topological polar surface area (TPSA) is 49.4 Å². The molecule has 1 atom stereocenters. The first kappa shape index (κ1) is 15.3. The summed E-state index contributed by atoms with van der Waals surface area (Å²) in [4.78, 5) is 0.255. The van der Waals surface area contributed by atoms with E-state index in [2.05, 4.69) is 21.2 Å². The van der Waals surface area contributed by atoms with Gasteiger partial charge in [-0.1, -0.05) is 11.6 Å². The molecule has 0 aromatic heterocycles. The second kappa shape index (κ2) is 6.10. The molecule has 1 heterocycles. The van der Waals surface area contributed by atoms with Gasteiger partial charge in [0.25, 0.3) is 0 Å². The van der Waals surface area contributed by atoms with Crippen molar-refractivity contribution >= 4 is 37.6 Å². The van der Waals surface area contributed by atoms with Crippen molar-refractivity contribution in [2.45, 2.75) is 11.3 Å². The number of nitrogens with one attached hydrogen (secondary N) is 1. The van der Waals surface area contributed by atoms with Crippen molar-refractivity contribution in [3.8, 4) is 0 Å². The van der Waals surface area contributed by atoms with Gasteiger partial charge in [-0.2, -0.15) is 4.31 Å². The largest absolute Gasteiger partial charge is 0.319 e. The number of rotatable bonds is 4. The smallest absolute Gasteiger partial charge is 0.243 e. The lowest BCUT2D eigenvalue weighted by atomic mass is 10.1. The molecule has 4 nitrogen and oxygen atoms in total. The number of sulfonamides is 1. The van der Waals surface area contributed by atoms with Gasteiger partial charge in [0.1, 0.15) is 0 Å². The van der Waals surface area contributed by atoms with Gasteiger partial charge in [-0.25, -0.2) is 8.42 Å². The number of nitrogens with zero attached hydrogens (tertiary/aromatic N) is 1. The Morgan fingerprint density at radius 2 is 2.26 bits per heavy atom. The van der Waals surface area contributed by atoms with Crippen LogP contribution in [0.5, 0.6) is 0 Å². The van der Waals surface area contributed by atoms with E-state index in [4.69, 9.17) is 11.6 Å². The minimum absolute atomic E-state index is 0.255. The maximum Gasteiger partial charge on any atom is 0.243 e. The first-order valence-corrected chi connectivity index (χ1v) is 8.66. The lowest BCUT2D eigenvalue weighted by Gasteiger charge is -2.17. The first-order chi connectivity index (χ1) is 8.95. The molecule has 0 radical (unpaired) electrons.